The lowest BCUT2D eigenvalue weighted by Gasteiger charge is -2.37. The van der Waals surface area contributed by atoms with Crippen molar-refractivity contribution in [2.45, 2.75) is 13.0 Å². The van der Waals surface area contributed by atoms with Gasteiger partial charge in [0.2, 0.25) is 0 Å². The maximum Gasteiger partial charge on any atom is 0.250 e. The van der Waals surface area contributed by atoms with Crippen LogP contribution in [0.5, 0.6) is 0 Å². The second-order valence-corrected chi connectivity index (χ2v) is 6.58. The van der Waals surface area contributed by atoms with Gasteiger partial charge in [-0.05, 0) is 31.2 Å². The van der Waals surface area contributed by atoms with E-state index in [0.29, 0.717) is 5.56 Å². The molecule has 0 aliphatic carbocycles. The van der Waals surface area contributed by atoms with Crippen molar-refractivity contribution in [3.63, 3.8) is 0 Å². The fourth-order valence-electron chi connectivity index (χ4n) is 3.35. The summed E-state index contributed by atoms with van der Waals surface area (Å²) in [7, 11) is 0. The van der Waals surface area contributed by atoms with Gasteiger partial charge in [-0.15, -0.1) is 12.4 Å². The number of benzene rings is 2. The Kier molecular flexibility index (Phi) is 7.30. The van der Waals surface area contributed by atoms with Gasteiger partial charge in [-0.25, -0.2) is 0 Å². The Bertz CT molecular complexity index is 702. The third-order valence-corrected chi connectivity index (χ3v) is 4.62. The highest BCUT2D eigenvalue weighted by molar-refractivity contribution is 5.98. The highest BCUT2D eigenvalue weighted by Crippen LogP contribution is 2.18. The molecule has 0 spiro atoms. The first kappa shape index (κ1) is 20.1. The van der Waals surface area contributed by atoms with E-state index < -0.39 is 5.91 Å². The van der Waals surface area contributed by atoms with Crippen molar-refractivity contribution in [1.29, 1.82) is 0 Å². The number of nitrogens with two attached hydrogens (primary N) is 1. The van der Waals surface area contributed by atoms with Gasteiger partial charge >= 0.3 is 0 Å². The van der Waals surface area contributed by atoms with Crippen LogP contribution in [-0.4, -0.2) is 49.6 Å². The first-order valence-electron chi connectivity index (χ1n) is 8.81. The van der Waals surface area contributed by atoms with Crippen LogP contribution in [0.15, 0.2) is 54.6 Å². The summed E-state index contributed by atoms with van der Waals surface area (Å²) in [5.41, 5.74) is 8.10. The highest BCUT2D eigenvalue weighted by Gasteiger charge is 2.19. The van der Waals surface area contributed by atoms with Crippen LogP contribution < -0.4 is 16.0 Å². The normalized spacial score (nSPS) is 15.8. The highest BCUT2D eigenvalue weighted by atomic mass is 35.5. The smallest absolute Gasteiger partial charge is 0.250 e. The number of primary amides is 1. The largest absolute Gasteiger partial charge is 0.381 e. The predicted molar refractivity (Wildman–Crippen MR) is 110 cm³/mol. The fraction of sp³-hybridized carbons (Fsp3) is 0.350. The Balaban J connectivity index is 0.00000243. The minimum Gasteiger partial charge on any atom is -0.381 e. The molecule has 0 radical (unpaired) electrons. The van der Waals surface area contributed by atoms with E-state index >= 15 is 0 Å². The van der Waals surface area contributed by atoms with Crippen LogP contribution in [0.25, 0.3) is 0 Å². The summed E-state index contributed by atoms with van der Waals surface area (Å²) in [6.45, 7) is 7.23. The zero-order valence-corrected chi connectivity index (χ0v) is 15.9. The number of rotatable bonds is 6. The molecular formula is C20H27ClN4O. The van der Waals surface area contributed by atoms with Gasteiger partial charge in [-0.2, -0.15) is 0 Å². The molecule has 6 heteroatoms. The van der Waals surface area contributed by atoms with Crippen molar-refractivity contribution in [2.75, 3.05) is 42.9 Å². The lowest BCUT2D eigenvalue weighted by Crippen LogP contribution is -2.49. The molecule has 1 aliphatic rings. The Morgan fingerprint density at radius 2 is 1.65 bits per heavy atom. The zero-order valence-electron chi connectivity index (χ0n) is 15.1. The number of nitrogens with zero attached hydrogens (tertiary/aromatic N) is 2. The van der Waals surface area contributed by atoms with Crippen molar-refractivity contribution >= 4 is 29.7 Å². The second kappa shape index (κ2) is 9.46. The molecule has 1 aliphatic heterocycles. The van der Waals surface area contributed by atoms with Crippen molar-refractivity contribution in [3.05, 3.63) is 60.2 Å². The van der Waals surface area contributed by atoms with E-state index in [0.717, 1.165) is 38.4 Å². The van der Waals surface area contributed by atoms with E-state index in [1.807, 2.05) is 18.2 Å². The van der Waals surface area contributed by atoms with Crippen LogP contribution in [0, 0.1) is 0 Å². The number of hydrogen-bond acceptors (Lipinski definition) is 4. The van der Waals surface area contributed by atoms with E-state index in [-0.39, 0.29) is 18.4 Å². The average molecular weight is 375 g/mol. The van der Waals surface area contributed by atoms with Crippen molar-refractivity contribution in [3.8, 4) is 0 Å². The van der Waals surface area contributed by atoms with Gasteiger partial charge in [0.15, 0.2) is 0 Å². The number of carbonyl (C=O) groups is 1. The molecule has 3 N–H and O–H groups in total. The summed E-state index contributed by atoms with van der Waals surface area (Å²) in [6.07, 6.45) is 0. The monoisotopic (exact) mass is 374 g/mol. The molecule has 26 heavy (non-hydrogen) atoms. The summed E-state index contributed by atoms with van der Waals surface area (Å²) in [5, 5.41) is 3.43. The first-order valence-corrected chi connectivity index (χ1v) is 8.81. The molecule has 1 atom stereocenters. The van der Waals surface area contributed by atoms with Crippen LogP contribution in [0.1, 0.15) is 17.3 Å². The third-order valence-electron chi connectivity index (χ3n) is 4.62. The number of anilines is 2. The first-order chi connectivity index (χ1) is 12.1. The number of amides is 1. The van der Waals surface area contributed by atoms with Gasteiger partial charge in [-0.1, -0.05) is 30.3 Å². The molecule has 0 aromatic heterocycles. The average Bonchev–Trinajstić information content (AvgIpc) is 2.63. The summed E-state index contributed by atoms with van der Waals surface area (Å²) in [6, 6.07) is 18.2. The van der Waals surface area contributed by atoms with E-state index in [9.17, 15) is 4.79 Å². The third kappa shape index (κ3) is 5.13. The molecule has 1 heterocycles. The molecule has 1 amide bonds. The van der Waals surface area contributed by atoms with Gasteiger partial charge in [0, 0.05) is 50.1 Å². The molecule has 1 saturated heterocycles. The van der Waals surface area contributed by atoms with Gasteiger partial charge in [0.25, 0.3) is 5.91 Å². The molecule has 1 unspecified atom stereocenters. The van der Waals surface area contributed by atoms with Crippen LogP contribution >= 0.6 is 12.4 Å². The van der Waals surface area contributed by atoms with Gasteiger partial charge in [-0.3, -0.25) is 9.69 Å². The number of para-hydroxylation sites is 2. The minimum atomic E-state index is -0.397. The van der Waals surface area contributed by atoms with Gasteiger partial charge < -0.3 is 16.0 Å². The zero-order chi connectivity index (χ0) is 17.6. The lowest BCUT2D eigenvalue weighted by molar-refractivity contribution is 0.100. The molecule has 0 bridgehead atoms. The summed E-state index contributed by atoms with van der Waals surface area (Å²) < 4.78 is 0. The lowest BCUT2D eigenvalue weighted by atomic mass is 10.1. The molecule has 140 valence electrons. The summed E-state index contributed by atoms with van der Waals surface area (Å²) in [5.74, 6) is -0.397. The van der Waals surface area contributed by atoms with E-state index in [1.54, 1.807) is 6.07 Å². The SMILES string of the molecule is CC(CN1CCN(c2ccccc2)CC1)Nc1ccccc1C(N)=O.Cl. The standard InChI is InChI=1S/C20H26N4O.ClH/c1-16(22-19-10-6-5-9-18(19)20(21)25)15-23-11-13-24(14-12-23)17-7-3-2-4-8-17;/h2-10,16,22H,11-15H2,1H3,(H2,21,25);1H. The molecule has 3 rings (SSSR count). The minimum absolute atomic E-state index is 0. The van der Waals surface area contributed by atoms with Crippen LogP contribution in [0.2, 0.25) is 0 Å². The number of nitrogens with one attached hydrogen (secondary N) is 1. The number of piperazine rings is 1. The quantitative estimate of drug-likeness (QED) is 0.816. The van der Waals surface area contributed by atoms with Crippen LogP contribution in [-0.2, 0) is 0 Å². The van der Waals surface area contributed by atoms with Crippen LogP contribution in [0.3, 0.4) is 0 Å². The van der Waals surface area contributed by atoms with Gasteiger partial charge in [0.1, 0.15) is 0 Å². The van der Waals surface area contributed by atoms with E-state index in [4.69, 9.17) is 5.73 Å². The fourth-order valence-corrected chi connectivity index (χ4v) is 3.35. The maximum atomic E-state index is 11.5. The molecule has 2 aromatic rings. The Hall–Kier alpha value is -2.24. The number of carbonyl (C=O) groups excluding carboxylic acids is 1. The van der Waals surface area contributed by atoms with Crippen LogP contribution in [0.4, 0.5) is 11.4 Å². The molecule has 5 nitrogen and oxygen atoms in total. The number of hydrogen-bond donors (Lipinski definition) is 2. The van der Waals surface area contributed by atoms with E-state index in [1.165, 1.54) is 5.69 Å². The molecule has 1 fully saturated rings. The molecule has 2 aromatic carbocycles. The Morgan fingerprint density at radius 3 is 2.31 bits per heavy atom. The van der Waals surface area contributed by atoms with E-state index in [2.05, 4.69) is 52.4 Å². The van der Waals surface area contributed by atoms with Crippen molar-refractivity contribution in [2.24, 2.45) is 5.73 Å². The summed E-state index contributed by atoms with van der Waals surface area (Å²) >= 11 is 0. The number of halogens is 1. The Labute approximate surface area is 161 Å². The topological polar surface area (TPSA) is 61.6 Å². The summed E-state index contributed by atoms with van der Waals surface area (Å²) in [4.78, 5) is 16.4. The predicted octanol–water partition coefficient (Wildman–Crippen LogP) is 2.83. The maximum absolute atomic E-state index is 11.5. The van der Waals surface area contributed by atoms with Gasteiger partial charge in [0.05, 0.1) is 5.56 Å². The van der Waals surface area contributed by atoms with Crippen molar-refractivity contribution in [1.82, 2.24) is 4.90 Å². The molecular weight excluding hydrogens is 348 g/mol. The van der Waals surface area contributed by atoms with Crippen molar-refractivity contribution < 1.29 is 4.79 Å². The Morgan fingerprint density at radius 1 is 1.04 bits per heavy atom. The second-order valence-electron chi connectivity index (χ2n) is 6.58. The molecule has 0 saturated carbocycles.